The first-order valence-corrected chi connectivity index (χ1v) is 6.30. The Morgan fingerprint density at radius 1 is 0.792 bits per heavy atom. The monoisotopic (exact) mass is 412 g/mol. The Labute approximate surface area is 124 Å². The molecule has 0 aromatic heterocycles. The Morgan fingerprint density at radius 2 is 1.17 bits per heavy atom. The lowest BCUT2D eigenvalue weighted by Crippen LogP contribution is -2.69. The molecule has 0 aliphatic rings. The third-order valence-electron chi connectivity index (χ3n) is 2.33. The number of halogens is 12. The van der Waals surface area contributed by atoms with E-state index in [1.54, 1.807) is 0 Å². The van der Waals surface area contributed by atoms with Crippen molar-refractivity contribution in [3.63, 3.8) is 0 Å². The summed E-state index contributed by atoms with van der Waals surface area (Å²) in [6.07, 6.45) is -5.64. The molecule has 0 aliphatic carbocycles. The summed E-state index contributed by atoms with van der Waals surface area (Å²) in [5.74, 6) is -36.7. The minimum absolute atomic E-state index is 2.61. The fourth-order valence-electron chi connectivity index (χ4n) is 1.01. The molecular formula is C7H4F12O4S. The topological polar surface area (TPSA) is 63.6 Å². The molecule has 0 aromatic carbocycles. The van der Waals surface area contributed by atoms with E-state index in [0.29, 0.717) is 0 Å². The fourth-order valence-corrected chi connectivity index (χ4v) is 1.31. The minimum Gasteiger partial charge on any atom is -0.264 e. The minimum atomic E-state index is -7.79. The Morgan fingerprint density at radius 3 is 1.46 bits per heavy atom. The number of hydrogen-bond donors (Lipinski definition) is 1. The SMILES string of the molecule is O=S(=O)(O)OCC(F)(F)C(F)(F)C(F)(F)C(F)(F)C(F)(F)C(F)F. The van der Waals surface area contributed by atoms with Crippen molar-refractivity contribution in [1.82, 2.24) is 0 Å². The number of alkyl halides is 12. The second-order valence-electron chi connectivity index (χ2n) is 4.04. The molecule has 0 spiro atoms. The molecule has 0 unspecified atom stereocenters. The summed E-state index contributed by atoms with van der Waals surface area (Å²) in [4.78, 5) is 0. The zero-order valence-corrected chi connectivity index (χ0v) is 11.2. The van der Waals surface area contributed by atoms with Crippen LogP contribution in [0.3, 0.4) is 0 Å². The third-order valence-corrected chi connectivity index (χ3v) is 2.75. The first-order chi connectivity index (χ1) is 10.2. The largest absolute Gasteiger partial charge is 0.397 e. The molecule has 0 aliphatic heterocycles. The zero-order chi connectivity index (χ0) is 20.0. The lowest BCUT2D eigenvalue weighted by molar-refractivity contribution is -0.414. The van der Waals surface area contributed by atoms with Crippen LogP contribution in [0.5, 0.6) is 0 Å². The van der Waals surface area contributed by atoms with Gasteiger partial charge in [-0.15, -0.1) is 0 Å². The maximum Gasteiger partial charge on any atom is 0.397 e. The van der Waals surface area contributed by atoms with Crippen LogP contribution in [-0.4, -0.2) is 55.6 Å². The van der Waals surface area contributed by atoms with Crippen molar-refractivity contribution in [2.24, 2.45) is 0 Å². The van der Waals surface area contributed by atoms with Crippen molar-refractivity contribution >= 4 is 10.4 Å². The van der Waals surface area contributed by atoms with E-state index in [0.717, 1.165) is 0 Å². The summed E-state index contributed by atoms with van der Waals surface area (Å²) < 4.78 is 181. The molecule has 24 heavy (non-hydrogen) atoms. The quantitative estimate of drug-likeness (QED) is 0.491. The Hall–Kier alpha value is -0.970. The van der Waals surface area contributed by atoms with Gasteiger partial charge in [0.05, 0.1) is 0 Å². The van der Waals surface area contributed by atoms with Crippen LogP contribution in [0.4, 0.5) is 52.7 Å². The molecule has 0 saturated carbocycles. The lowest BCUT2D eigenvalue weighted by Gasteiger charge is -2.38. The van der Waals surface area contributed by atoms with Gasteiger partial charge in [-0.3, -0.25) is 4.55 Å². The average Bonchev–Trinajstić information content (AvgIpc) is 2.34. The molecule has 0 fully saturated rings. The molecule has 4 nitrogen and oxygen atoms in total. The molecule has 17 heteroatoms. The van der Waals surface area contributed by atoms with Gasteiger partial charge in [-0.1, -0.05) is 0 Å². The molecule has 0 rings (SSSR count). The van der Waals surface area contributed by atoms with E-state index in [4.69, 9.17) is 4.55 Å². The van der Waals surface area contributed by atoms with Crippen LogP contribution in [0, 0.1) is 0 Å². The predicted molar refractivity (Wildman–Crippen MR) is 48.2 cm³/mol. The van der Waals surface area contributed by atoms with Crippen molar-refractivity contribution in [2.75, 3.05) is 6.61 Å². The summed E-state index contributed by atoms with van der Waals surface area (Å²) in [7, 11) is -5.95. The van der Waals surface area contributed by atoms with Crippen LogP contribution in [0.15, 0.2) is 0 Å². The van der Waals surface area contributed by atoms with Crippen LogP contribution < -0.4 is 0 Å². The van der Waals surface area contributed by atoms with Crippen LogP contribution in [0.2, 0.25) is 0 Å². The molecule has 0 amide bonds. The van der Waals surface area contributed by atoms with Crippen molar-refractivity contribution in [2.45, 2.75) is 36.0 Å². The summed E-state index contributed by atoms with van der Waals surface area (Å²) >= 11 is 0. The molecule has 0 bridgehead atoms. The van der Waals surface area contributed by atoms with E-state index in [-0.39, 0.29) is 0 Å². The first-order valence-electron chi connectivity index (χ1n) is 4.94. The smallest absolute Gasteiger partial charge is 0.264 e. The maximum absolute atomic E-state index is 12.9. The third kappa shape index (κ3) is 3.66. The summed E-state index contributed by atoms with van der Waals surface area (Å²) in [5, 5.41) is 0. The van der Waals surface area contributed by atoms with E-state index in [9.17, 15) is 61.1 Å². The summed E-state index contributed by atoms with van der Waals surface area (Å²) in [6.45, 7) is -3.38. The highest BCUT2D eigenvalue weighted by Gasteiger charge is 2.87. The first kappa shape index (κ1) is 23.0. The van der Waals surface area contributed by atoms with Gasteiger partial charge in [-0.2, -0.15) is 52.3 Å². The highest BCUT2D eigenvalue weighted by molar-refractivity contribution is 7.80. The van der Waals surface area contributed by atoms with E-state index in [1.165, 1.54) is 0 Å². The zero-order valence-electron chi connectivity index (χ0n) is 10.4. The predicted octanol–water partition coefficient (Wildman–Crippen LogP) is 3.25. The molecule has 146 valence electrons. The van der Waals surface area contributed by atoms with Gasteiger partial charge in [0.15, 0.2) is 0 Å². The molecule has 0 aromatic rings. The average molecular weight is 412 g/mol. The standard InChI is InChI=1S/C7H4F12O4S/c8-2(9)4(12,13)6(16,17)7(18,19)5(14,15)3(10,11)1-23-24(20,21)22/h2H,1H2,(H,20,21,22). The van der Waals surface area contributed by atoms with E-state index >= 15 is 0 Å². The molecular weight excluding hydrogens is 408 g/mol. The second-order valence-corrected chi connectivity index (χ2v) is 5.13. The Bertz CT molecular complexity index is 556. The van der Waals surface area contributed by atoms with Crippen molar-refractivity contribution in [3.8, 4) is 0 Å². The van der Waals surface area contributed by atoms with Gasteiger partial charge in [0.25, 0.3) is 0 Å². The van der Waals surface area contributed by atoms with Gasteiger partial charge in [0.2, 0.25) is 0 Å². The molecule has 0 atom stereocenters. The van der Waals surface area contributed by atoms with Gasteiger partial charge < -0.3 is 0 Å². The summed E-state index contributed by atoms with van der Waals surface area (Å²) in [6, 6.07) is 0. The second kappa shape index (κ2) is 6.08. The van der Waals surface area contributed by atoms with Crippen molar-refractivity contribution in [3.05, 3.63) is 0 Å². The molecule has 1 N–H and O–H groups in total. The Kier molecular flexibility index (Phi) is 5.83. The normalized spacial score (nSPS) is 15.9. The molecule has 0 saturated heterocycles. The highest BCUT2D eigenvalue weighted by Crippen LogP contribution is 2.58. The summed E-state index contributed by atoms with van der Waals surface area (Å²) in [5.41, 5.74) is 0. The number of hydrogen-bond acceptors (Lipinski definition) is 3. The van der Waals surface area contributed by atoms with Gasteiger partial charge in [-0.05, 0) is 0 Å². The van der Waals surface area contributed by atoms with Crippen molar-refractivity contribution in [1.29, 1.82) is 0 Å². The van der Waals surface area contributed by atoms with Crippen LogP contribution in [-0.2, 0) is 14.6 Å². The van der Waals surface area contributed by atoms with E-state index in [2.05, 4.69) is 4.18 Å². The Balaban J connectivity index is 5.98. The highest BCUT2D eigenvalue weighted by atomic mass is 32.3. The van der Waals surface area contributed by atoms with Gasteiger partial charge in [-0.25, -0.2) is 13.0 Å². The van der Waals surface area contributed by atoms with E-state index in [1.807, 2.05) is 0 Å². The number of rotatable bonds is 8. The molecule has 0 heterocycles. The van der Waals surface area contributed by atoms with Gasteiger partial charge in [0.1, 0.15) is 6.61 Å². The fraction of sp³-hybridized carbons (Fsp3) is 1.00. The lowest BCUT2D eigenvalue weighted by atomic mass is 9.95. The van der Waals surface area contributed by atoms with Gasteiger partial charge in [0, 0.05) is 0 Å². The van der Waals surface area contributed by atoms with Crippen LogP contribution in [0.1, 0.15) is 0 Å². The van der Waals surface area contributed by atoms with E-state index < -0.39 is 53.0 Å². The van der Waals surface area contributed by atoms with Gasteiger partial charge >= 0.3 is 46.4 Å². The van der Waals surface area contributed by atoms with Crippen molar-refractivity contribution < 1.29 is 69.8 Å². The maximum atomic E-state index is 12.9. The van der Waals surface area contributed by atoms with Crippen LogP contribution in [0.25, 0.3) is 0 Å². The van der Waals surface area contributed by atoms with Crippen LogP contribution >= 0.6 is 0 Å². The molecule has 0 radical (unpaired) electrons.